The Morgan fingerprint density at radius 2 is 1.22 bits per heavy atom. The number of carbonyl (C=O) groups is 2. The van der Waals surface area contributed by atoms with Crippen molar-refractivity contribution in [2.24, 2.45) is 16.9 Å². The van der Waals surface area contributed by atoms with Crippen LogP contribution < -0.4 is 4.74 Å². The molecule has 5 nitrogen and oxygen atoms in total. The molecule has 0 saturated carbocycles. The molecule has 3 aliphatic carbocycles. The van der Waals surface area contributed by atoms with Gasteiger partial charge in [-0.25, -0.2) is 0 Å². The summed E-state index contributed by atoms with van der Waals surface area (Å²) in [7, 11) is 0. The van der Waals surface area contributed by atoms with Gasteiger partial charge in [-0.2, -0.15) is 10.1 Å². The van der Waals surface area contributed by atoms with E-state index >= 15 is 0 Å². The predicted molar refractivity (Wildman–Crippen MR) is 140 cm³/mol. The van der Waals surface area contributed by atoms with Gasteiger partial charge in [0.15, 0.2) is 0 Å². The molecule has 4 aromatic carbocycles. The van der Waals surface area contributed by atoms with Crippen molar-refractivity contribution < 1.29 is 14.3 Å². The van der Waals surface area contributed by atoms with E-state index in [4.69, 9.17) is 4.74 Å². The van der Waals surface area contributed by atoms with Gasteiger partial charge in [0.05, 0.1) is 18.1 Å². The van der Waals surface area contributed by atoms with Gasteiger partial charge in [-0.05, 0) is 45.5 Å². The fourth-order valence-corrected chi connectivity index (χ4v) is 6.33. The van der Waals surface area contributed by atoms with Crippen LogP contribution >= 0.6 is 0 Å². The van der Waals surface area contributed by atoms with Crippen molar-refractivity contribution in [2.75, 3.05) is 0 Å². The number of rotatable bonds is 5. The van der Waals surface area contributed by atoms with Gasteiger partial charge in [0, 0.05) is 11.8 Å². The van der Waals surface area contributed by atoms with Gasteiger partial charge in [-0.3, -0.25) is 9.59 Å². The van der Waals surface area contributed by atoms with Crippen LogP contribution in [0.25, 0.3) is 0 Å². The molecular formula is C32H24N2O3. The lowest BCUT2D eigenvalue weighted by atomic mass is 9.55. The fourth-order valence-electron chi connectivity index (χ4n) is 6.33. The number of benzene rings is 4. The third-order valence-electron chi connectivity index (χ3n) is 7.85. The average molecular weight is 485 g/mol. The number of hydrazone groups is 1. The van der Waals surface area contributed by atoms with Crippen LogP contribution in [0.3, 0.4) is 0 Å². The van der Waals surface area contributed by atoms with E-state index in [1.54, 1.807) is 6.21 Å². The third-order valence-corrected chi connectivity index (χ3v) is 7.85. The summed E-state index contributed by atoms with van der Waals surface area (Å²) in [5, 5.41) is 5.52. The van der Waals surface area contributed by atoms with Crippen molar-refractivity contribution in [3.63, 3.8) is 0 Å². The summed E-state index contributed by atoms with van der Waals surface area (Å²) in [5.41, 5.74) is 6.46. The molecule has 0 radical (unpaired) electrons. The highest BCUT2D eigenvalue weighted by molar-refractivity contribution is 6.08. The van der Waals surface area contributed by atoms with Crippen LogP contribution in [-0.2, 0) is 16.2 Å². The van der Waals surface area contributed by atoms with E-state index in [-0.39, 0.29) is 23.7 Å². The number of amides is 2. The summed E-state index contributed by atoms with van der Waals surface area (Å²) >= 11 is 0. The van der Waals surface area contributed by atoms with Gasteiger partial charge in [0.2, 0.25) is 0 Å². The zero-order valence-corrected chi connectivity index (χ0v) is 20.0. The molecule has 0 spiro atoms. The van der Waals surface area contributed by atoms with Crippen LogP contribution in [0.15, 0.2) is 108 Å². The maximum Gasteiger partial charge on any atom is 0.254 e. The highest BCUT2D eigenvalue weighted by Crippen LogP contribution is 2.60. The highest BCUT2D eigenvalue weighted by atomic mass is 16.5. The molecule has 4 aromatic rings. The minimum Gasteiger partial charge on any atom is -0.489 e. The average Bonchev–Trinajstić information content (AvgIpc) is 3.21. The van der Waals surface area contributed by atoms with E-state index in [9.17, 15) is 9.59 Å². The summed E-state index contributed by atoms with van der Waals surface area (Å²) in [6.45, 7) is 0.456. The number of hydrogen-bond acceptors (Lipinski definition) is 4. The third kappa shape index (κ3) is 3.42. The Bertz CT molecular complexity index is 1450. The van der Waals surface area contributed by atoms with Gasteiger partial charge in [-0.15, -0.1) is 0 Å². The predicted octanol–water partition coefficient (Wildman–Crippen LogP) is 5.49. The number of nitrogens with zero attached hydrogens (tertiary/aromatic N) is 2. The van der Waals surface area contributed by atoms with Crippen LogP contribution in [0.2, 0.25) is 0 Å². The normalized spacial score (nSPS) is 23.2. The number of ether oxygens (including phenoxy) is 1. The largest absolute Gasteiger partial charge is 0.489 e. The minimum absolute atomic E-state index is 0.131. The molecule has 8 rings (SSSR count). The lowest BCUT2D eigenvalue weighted by Crippen LogP contribution is -2.41. The van der Waals surface area contributed by atoms with E-state index in [2.05, 4.69) is 29.4 Å². The Morgan fingerprint density at radius 1 is 0.676 bits per heavy atom. The molecule has 180 valence electrons. The van der Waals surface area contributed by atoms with Crippen LogP contribution in [0.4, 0.5) is 0 Å². The molecule has 0 aromatic heterocycles. The molecule has 2 amide bonds. The molecule has 2 bridgehead atoms. The summed E-state index contributed by atoms with van der Waals surface area (Å²) in [5.74, 6) is -0.865. The lowest BCUT2D eigenvalue weighted by molar-refractivity contribution is -0.139. The summed E-state index contributed by atoms with van der Waals surface area (Å²) in [6.07, 6.45) is 1.57. The van der Waals surface area contributed by atoms with Crippen molar-refractivity contribution in [2.45, 2.75) is 18.4 Å². The monoisotopic (exact) mass is 484 g/mol. The van der Waals surface area contributed by atoms with E-state index in [1.165, 1.54) is 0 Å². The zero-order chi connectivity index (χ0) is 24.9. The summed E-state index contributed by atoms with van der Waals surface area (Å²) in [4.78, 5) is 27.3. The summed E-state index contributed by atoms with van der Waals surface area (Å²) in [6, 6.07) is 33.9. The number of imide groups is 1. The highest BCUT2D eigenvalue weighted by Gasteiger charge is 2.61. The Balaban J connectivity index is 1.17. The molecule has 5 heteroatoms. The first kappa shape index (κ1) is 21.7. The lowest BCUT2D eigenvalue weighted by Gasteiger charge is -2.45. The molecule has 0 N–H and O–H groups in total. The van der Waals surface area contributed by atoms with E-state index < -0.39 is 11.8 Å². The van der Waals surface area contributed by atoms with Crippen molar-refractivity contribution >= 4 is 18.0 Å². The quantitative estimate of drug-likeness (QED) is 0.278. The van der Waals surface area contributed by atoms with Crippen molar-refractivity contribution in [1.82, 2.24) is 5.01 Å². The van der Waals surface area contributed by atoms with Gasteiger partial charge in [0.25, 0.3) is 11.8 Å². The molecular weight excluding hydrogens is 460 g/mol. The molecule has 0 unspecified atom stereocenters. The second kappa shape index (κ2) is 8.56. The van der Waals surface area contributed by atoms with Crippen molar-refractivity contribution in [1.29, 1.82) is 0 Å². The van der Waals surface area contributed by atoms with Crippen molar-refractivity contribution in [3.8, 4) is 5.75 Å². The number of hydrogen-bond donors (Lipinski definition) is 0. The molecule has 1 fully saturated rings. The van der Waals surface area contributed by atoms with E-state index in [0.29, 0.717) is 12.4 Å². The van der Waals surface area contributed by atoms with Gasteiger partial charge < -0.3 is 4.74 Å². The molecule has 4 aliphatic rings. The van der Waals surface area contributed by atoms with Crippen molar-refractivity contribution in [3.05, 3.63) is 137 Å². The molecule has 37 heavy (non-hydrogen) atoms. The Hall–Kier alpha value is -4.51. The Kier molecular flexibility index (Phi) is 5.03. The topological polar surface area (TPSA) is 59.0 Å². The molecule has 2 atom stereocenters. The van der Waals surface area contributed by atoms with Gasteiger partial charge >= 0.3 is 0 Å². The Morgan fingerprint density at radius 3 is 1.78 bits per heavy atom. The standard InChI is InChI=1S/C32H24N2O3/c35-31-29-27-23-13-4-5-14-24(23)28(26-16-7-6-15-25(26)27)30(29)32(36)34(31)33-18-21-11-8-12-22(17-21)37-19-20-9-2-1-3-10-20/h1-18,27-30H,19H2/b33-18-/t27?,28?,29-,30-/m0/s1. The first-order chi connectivity index (χ1) is 18.2. The van der Waals surface area contributed by atoms with E-state index in [1.807, 2.05) is 78.9 Å². The Labute approximate surface area is 215 Å². The first-order valence-electron chi connectivity index (χ1n) is 12.6. The maximum atomic E-state index is 13.7. The molecule has 1 saturated heterocycles. The SMILES string of the molecule is O=C1[C@H]2C3c4ccccc4C(c4ccccc43)[C@@H]2C(=O)N1/N=C\c1cccc(OCc2ccccc2)c1. The number of carbonyl (C=O) groups excluding carboxylic acids is 2. The zero-order valence-electron chi connectivity index (χ0n) is 20.0. The molecule has 1 heterocycles. The van der Waals surface area contributed by atoms with Gasteiger partial charge in [0.1, 0.15) is 12.4 Å². The second-order valence-electron chi connectivity index (χ2n) is 9.84. The summed E-state index contributed by atoms with van der Waals surface area (Å²) < 4.78 is 5.92. The minimum atomic E-state index is -0.431. The van der Waals surface area contributed by atoms with Crippen LogP contribution in [-0.4, -0.2) is 23.0 Å². The maximum absolute atomic E-state index is 13.7. The van der Waals surface area contributed by atoms with Crippen LogP contribution in [0.5, 0.6) is 5.75 Å². The van der Waals surface area contributed by atoms with E-state index in [0.717, 1.165) is 38.4 Å². The smallest absolute Gasteiger partial charge is 0.254 e. The van der Waals surface area contributed by atoms with Crippen LogP contribution in [0.1, 0.15) is 45.2 Å². The second-order valence-corrected chi connectivity index (χ2v) is 9.84. The fraction of sp³-hybridized carbons (Fsp3) is 0.156. The molecule has 1 aliphatic heterocycles. The van der Waals surface area contributed by atoms with Gasteiger partial charge in [-0.1, -0.05) is 91.0 Å². The first-order valence-corrected chi connectivity index (χ1v) is 12.6. The van der Waals surface area contributed by atoms with Crippen LogP contribution in [0, 0.1) is 11.8 Å².